The summed E-state index contributed by atoms with van der Waals surface area (Å²) in [6.45, 7) is 0. The van der Waals surface area contributed by atoms with Crippen LogP contribution in [0.25, 0.3) is 0 Å². The van der Waals surface area contributed by atoms with Crippen molar-refractivity contribution in [2.24, 2.45) is 5.73 Å². The van der Waals surface area contributed by atoms with Crippen molar-refractivity contribution in [2.75, 3.05) is 14.2 Å². The van der Waals surface area contributed by atoms with Crippen molar-refractivity contribution >= 4 is 5.97 Å². The summed E-state index contributed by atoms with van der Waals surface area (Å²) in [4.78, 5) is 12.5. The molecule has 3 aromatic rings. The number of hydrogen-bond donors (Lipinski definition) is 1. The lowest BCUT2D eigenvalue weighted by molar-refractivity contribution is 0.0734. The van der Waals surface area contributed by atoms with Gasteiger partial charge in [0.15, 0.2) is 0 Å². The summed E-state index contributed by atoms with van der Waals surface area (Å²) in [6, 6.07) is 21.2. The minimum absolute atomic E-state index is 0.0134. The molecule has 32 heavy (non-hydrogen) atoms. The van der Waals surface area contributed by atoms with Crippen molar-refractivity contribution in [1.82, 2.24) is 0 Å². The number of carbonyl (C=O) groups is 1. The third kappa shape index (κ3) is 3.94. The van der Waals surface area contributed by atoms with Crippen LogP contribution in [0, 0.1) is 11.3 Å². The molecule has 0 bridgehead atoms. The summed E-state index contributed by atoms with van der Waals surface area (Å²) in [6.07, 6.45) is 0. The third-order valence-electron chi connectivity index (χ3n) is 5.18. The van der Waals surface area contributed by atoms with Gasteiger partial charge in [-0.15, -0.1) is 0 Å². The largest absolute Gasteiger partial charge is 0.497 e. The summed E-state index contributed by atoms with van der Waals surface area (Å²) in [5, 5.41) is 9.69. The molecule has 160 valence electrons. The minimum Gasteiger partial charge on any atom is -0.497 e. The van der Waals surface area contributed by atoms with E-state index in [9.17, 15) is 10.1 Å². The predicted molar refractivity (Wildman–Crippen MR) is 117 cm³/mol. The second kappa shape index (κ2) is 8.74. The Morgan fingerprint density at radius 3 is 2.12 bits per heavy atom. The number of hydrogen-bond acceptors (Lipinski definition) is 7. The Morgan fingerprint density at radius 2 is 1.53 bits per heavy atom. The van der Waals surface area contributed by atoms with Gasteiger partial charge in [-0.25, -0.2) is 4.79 Å². The Kier molecular flexibility index (Phi) is 5.69. The highest BCUT2D eigenvalue weighted by atomic mass is 16.5. The van der Waals surface area contributed by atoms with E-state index >= 15 is 0 Å². The van der Waals surface area contributed by atoms with E-state index in [-0.39, 0.29) is 5.88 Å². The molecule has 0 radical (unpaired) electrons. The van der Waals surface area contributed by atoms with E-state index in [0.717, 1.165) is 11.1 Å². The lowest BCUT2D eigenvalue weighted by Gasteiger charge is -2.26. The molecule has 1 aliphatic rings. The monoisotopic (exact) mass is 428 g/mol. The zero-order valence-corrected chi connectivity index (χ0v) is 17.5. The highest BCUT2D eigenvalue weighted by Crippen LogP contribution is 2.43. The van der Waals surface area contributed by atoms with E-state index in [0.29, 0.717) is 34.1 Å². The summed E-state index contributed by atoms with van der Waals surface area (Å²) in [5.74, 6) is 1.14. The summed E-state index contributed by atoms with van der Waals surface area (Å²) < 4.78 is 21.5. The molecule has 7 heteroatoms. The van der Waals surface area contributed by atoms with Crippen LogP contribution in [0.15, 0.2) is 78.2 Å². The molecule has 0 aromatic heterocycles. The van der Waals surface area contributed by atoms with E-state index in [1.165, 1.54) is 0 Å². The summed E-state index contributed by atoms with van der Waals surface area (Å²) >= 11 is 0. The summed E-state index contributed by atoms with van der Waals surface area (Å²) in [5.41, 5.74) is 8.34. The Hall–Kier alpha value is -4.44. The highest BCUT2D eigenvalue weighted by Gasteiger charge is 2.31. The molecule has 2 N–H and O–H groups in total. The first-order valence-electron chi connectivity index (χ1n) is 9.75. The van der Waals surface area contributed by atoms with Gasteiger partial charge in [-0.05, 0) is 48.0 Å². The topological polar surface area (TPSA) is 104 Å². The van der Waals surface area contributed by atoms with Crippen LogP contribution < -0.4 is 24.7 Å². The molecule has 1 heterocycles. The molecule has 4 rings (SSSR count). The number of methoxy groups -OCH3 is 2. The number of nitrogens with zero attached hydrogens (tertiary/aromatic N) is 1. The fourth-order valence-corrected chi connectivity index (χ4v) is 3.53. The molecule has 7 nitrogen and oxygen atoms in total. The third-order valence-corrected chi connectivity index (χ3v) is 5.18. The van der Waals surface area contributed by atoms with Gasteiger partial charge >= 0.3 is 5.97 Å². The van der Waals surface area contributed by atoms with E-state index < -0.39 is 11.9 Å². The van der Waals surface area contributed by atoms with Crippen molar-refractivity contribution < 1.29 is 23.7 Å². The van der Waals surface area contributed by atoms with E-state index in [1.807, 2.05) is 24.3 Å². The number of nitrogens with two attached hydrogens (primary N) is 1. The second-order valence-electron chi connectivity index (χ2n) is 7.02. The molecule has 0 saturated carbocycles. The van der Waals surface area contributed by atoms with Crippen molar-refractivity contribution in [3.8, 4) is 29.1 Å². The summed E-state index contributed by atoms with van der Waals surface area (Å²) in [7, 11) is 3.14. The maximum absolute atomic E-state index is 12.5. The average Bonchev–Trinajstić information content (AvgIpc) is 2.83. The van der Waals surface area contributed by atoms with Crippen molar-refractivity contribution in [3.63, 3.8) is 0 Å². The maximum Gasteiger partial charge on any atom is 0.343 e. The lowest BCUT2D eigenvalue weighted by atomic mass is 9.83. The smallest absolute Gasteiger partial charge is 0.343 e. The molecule has 0 spiro atoms. The number of carbonyl (C=O) groups excluding carboxylic acids is 1. The fourth-order valence-electron chi connectivity index (χ4n) is 3.53. The first-order valence-corrected chi connectivity index (χ1v) is 9.75. The van der Waals surface area contributed by atoms with Gasteiger partial charge in [0.1, 0.15) is 34.6 Å². The number of esters is 1. The lowest BCUT2D eigenvalue weighted by Crippen LogP contribution is -2.21. The van der Waals surface area contributed by atoms with Gasteiger partial charge in [0.25, 0.3) is 0 Å². The fraction of sp³-hybridized carbons (Fsp3) is 0.120. The number of nitriles is 1. The van der Waals surface area contributed by atoms with Crippen molar-refractivity contribution in [3.05, 3.63) is 94.9 Å². The Bertz CT molecular complexity index is 1220. The Labute approximate surface area is 185 Å². The van der Waals surface area contributed by atoms with Gasteiger partial charge in [-0.1, -0.05) is 18.2 Å². The van der Waals surface area contributed by atoms with Gasteiger partial charge in [-0.3, -0.25) is 0 Å². The average molecular weight is 428 g/mol. The zero-order chi connectivity index (χ0) is 22.7. The standard InChI is InChI=1S/C25H20N2O5/c1-29-17-7-3-15(4-8-17)23-20-12-11-19(13-22(20)32-24(27)21(23)14-26)31-25(28)16-5-9-18(30-2)10-6-16/h3-13,23H,27H2,1-2H3. The molecule has 0 fully saturated rings. The number of rotatable bonds is 5. The van der Waals surface area contributed by atoms with E-state index in [2.05, 4.69) is 6.07 Å². The molecular weight excluding hydrogens is 408 g/mol. The van der Waals surface area contributed by atoms with Gasteiger partial charge in [0.05, 0.1) is 25.7 Å². The molecule has 0 saturated heterocycles. The van der Waals surface area contributed by atoms with Gasteiger partial charge < -0.3 is 24.7 Å². The maximum atomic E-state index is 12.5. The second-order valence-corrected chi connectivity index (χ2v) is 7.02. The number of benzene rings is 3. The molecule has 0 amide bonds. The zero-order valence-electron chi connectivity index (χ0n) is 17.5. The number of ether oxygens (including phenoxy) is 4. The Balaban J connectivity index is 1.65. The number of fused-ring (bicyclic) bond motifs is 1. The SMILES string of the molecule is COc1ccc(C(=O)Oc2ccc3c(c2)OC(N)=C(C#N)C3c2ccc(OC)cc2)cc1. The van der Waals surface area contributed by atoms with Crippen molar-refractivity contribution in [2.45, 2.75) is 5.92 Å². The minimum atomic E-state index is -0.517. The molecule has 3 aromatic carbocycles. The van der Waals surface area contributed by atoms with Crippen LogP contribution in [0.5, 0.6) is 23.0 Å². The normalized spacial score (nSPS) is 14.6. The van der Waals surface area contributed by atoms with Gasteiger partial charge in [0.2, 0.25) is 5.88 Å². The van der Waals surface area contributed by atoms with Crippen LogP contribution in [0.2, 0.25) is 0 Å². The molecule has 0 aliphatic carbocycles. The van der Waals surface area contributed by atoms with E-state index in [4.69, 9.17) is 24.7 Å². The van der Waals surface area contributed by atoms with E-state index in [1.54, 1.807) is 56.7 Å². The number of allylic oxidation sites excluding steroid dienone is 1. The first-order chi connectivity index (χ1) is 15.5. The predicted octanol–water partition coefficient (Wildman–Crippen LogP) is 4.14. The molecule has 1 aliphatic heterocycles. The van der Waals surface area contributed by atoms with Crippen LogP contribution in [0.3, 0.4) is 0 Å². The van der Waals surface area contributed by atoms with Crippen LogP contribution in [0.4, 0.5) is 0 Å². The van der Waals surface area contributed by atoms with Crippen LogP contribution in [-0.2, 0) is 0 Å². The first kappa shape index (κ1) is 20.8. The highest BCUT2D eigenvalue weighted by molar-refractivity contribution is 5.91. The van der Waals surface area contributed by atoms with Crippen LogP contribution >= 0.6 is 0 Å². The van der Waals surface area contributed by atoms with Crippen LogP contribution in [0.1, 0.15) is 27.4 Å². The quantitative estimate of drug-likeness (QED) is 0.481. The van der Waals surface area contributed by atoms with Crippen molar-refractivity contribution in [1.29, 1.82) is 5.26 Å². The van der Waals surface area contributed by atoms with Crippen LogP contribution in [-0.4, -0.2) is 20.2 Å². The molecule has 1 atom stereocenters. The Morgan fingerprint density at radius 1 is 0.938 bits per heavy atom. The molecule has 1 unspecified atom stereocenters. The molecular formula is C25H20N2O5. The van der Waals surface area contributed by atoms with Gasteiger partial charge in [-0.2, -0.15) is 5.26 Å². The van der Waals surface area contributed by atoms with Gasteiger partial charge in [0, 0.05) is 11.6 Å².